The van der Waals surface area contributed by atoms with Crippen LogP contribution in [0.4, 0.5) is 0 Å². The Morgan fingerprint density at radius 1 is 0.950 bits per heavy atom. The standard InChI is InChI=1S/C16H30N2O2/c1-2-18(14-5-3-13(17)4-6-14)15-7-9-16(10-8-15)19-11-12-20-16/h13-15H,2-12,17H2,1H3. The summed E-state index contributed by atoms with van der Waals surface area (Å²) < 4.78 is 11.7. The van der Waals surface area contributed by atoms with E-state index in [2.05, 4.69) is 11.8 Å². The van der Waals surface area contributed by atoms with Crippen molar-refractivity contribution in [2.24, 2.45) is 5.73 Å². The van der Waals surface area contributed by atoms with Crippen LogP contribution in [0.2, 0.25) is 0 Å². The number of rotatable bonds is 3. The first-order valence-corrected chi connectivity index (χ1v) is 8.52. The molecule has 1 spiro atoms. The molecule has 4 nitrogen and oxygen atoms in total. The van der Waals surface area contributed by atoms with E-state index in [9.17, 15) is 0 Å². The minimum absolute atomic E-state index is 0.217. The van der Waals surface area contributed by atoms with Gasteiger partial charge in [-0.25, -0.2) is 0 Å². The molecule has 20 heavy (non-hydrogen) atoms. The van der Waals surface area contributed by atoms with Crippen LogP contribution in [0.15, 0.2) is 0 Å². The van der Waals surface area contributed by atoms with Crippen molar-refractivity contribution in [1.29, 1.82) is 0 Å². The summed E-state index contributed by atoms with van der Waals surface area (Å²) in [5, 5.41) is 0. The molecule has 2 saturated carbocycles. The van der Waals surface area contributed by atoms with Gasteiger partial charge in [0.2, 0.25) is 0 Å². The van der Waals surface area contributed by atoms with Crippen molar-refractivity contribution in [2.75, 3.05) is 19.8 Å². The maximum Gasteiger partial charge on any atom is 0.168 e. The van der Waals surface area contributed by atoms with Gasteiger partial charge in [0.05, 0.1) is 13.2 Å². The molecule has 4 heteroatoms. The van der Waals surface area contributed by atoms with Gasteiger partial charge in [-0.15, -0.1) is 0 Å². The van der Waals surface area contributed by atoms with Crippen molar-refractivity contribution >= 4 is 0 Å². The number of ether oxygens (including phenoxy) is 2. The second kappa shape index (κ2) is 6.30. The van der Waals surface area contributed by atoms with Crippen LogP contribution < -0.4 is 5.73 Å². The smallest absolute Gasteiger partial charge is 0.168 e. The molecule has 2 aliphatic carbocycles. The van der Waals surface area contributed by atoms with Crippen LogP contribution in [0, 0.1) is 0 Å². The average molecular weight is 282 g/mol. The molecule has 3 aliphatic rings. The topological polar surface area (TPSA) is 47.7 Å². The molecule has 0 bridgehead atoms. The predicted octanol–water partition coefficient (Wildman–Crippen LogP) is 2.26. The molecule has 0 radical (unpaired) electrons. The molecule has 0 aromatic carbocycles. The highest BCUT2D eigenvalue weighted by Crippen LogP contribution is 2.38. The lowest BCUT2D eigenvalue weighted by molar-refractivity contribution is -0.185. The third-order valence-corrected chi connectivity index (χ3v) is 5.58. The molecule has 0 aromatic heterocycles. The predicted molar refractivity (Wildman–Crippen MR) is 79.5 cm³/mol. The molecule has 116 valence electrons. The van der Waals surface area contributed by atoms with Gasteiger partial charge in [0.15, 0.2) is 5.79 Å². The summed E-state index contributed by atoms with van der Waals surface area (Å²) in [7, 11) is 0. The van der Waals surface area contributed by atoms with E-state index in [1.165, 1.54) is 45.1 Å². The van der Waals surface area contributed by atoms with Crippen LogP contribution in [-0.4, -0.2) is 48.6 Å². The summed E-state index contributed by atoms with van der Waals surface area (Å²) >= 11 is 0. The van der Waals surface area contributed by atoms with Crippen molar-refractivity contribution < 1.29 is 9.47 Å². The van der Waals surface area contributed by atoms with Crippen LogP contribution in [0.1, 0.15) is 58.3 Å². The van der Waals surface area contributed by atoms with E-state index in [1.807, 2.05) is 0 Å². The van der Waals surface area contributed by atoms with Crippen LogP contribution in [0.3, 0.4) is 0 Å². The molecule has 0 amide bonds. The molecule has 0 unspecified atom stereocenters. The molecule has 2 N–H and O–H groups in total. The van der Waals surface area contributed by atoms with Crippen molar-refractivity contribution in [3.63, 3.8) is 0 Å². The Hall–Kier alpha value is -0.160. The summed E-state index contributed by atoms with van der Waals surface area (Å²) in [5.41, 5.74) is 6.04. The Balaban J connectivity index is 1.55. The summed E-state index contributed by atoms with van der Waals surface area (Å²) in [5.74, 6) is -0.217. The first kappa shape index (κ1) is 14.8. The summed E-state index contributed by atoms with van der Waals surface area (Å²) in [4.78, 5) is 2.74. The van der Waals surface area contributed by atoms with Crippen molar-refractivity contribution in [2.45, 2.75) is 82.2 Å². The third-order valence-electron chi connectivity index (χ3n) is 5.58. The number of hydrogen-bond donors (Lipinski definition) is 1. The molecule has 1 saturated heterocycles. The van der Waals surface area contributed by atoms with Gasteiger partial charge in [0.1, 0.15) is 0 Å². The Morgan fingerprint density at radius 2 is 1.50 bits per heavy atom. The van der Waals surface area contributed by atoms with Crippen molar-refractivity contribution in [3.05, 3.63) is 0 Å². The lowest BCUT2D eigenvalue weighted by Gasteiger charge is -2.45. The van der Waals surface area contributed by atoms with E-state index >= 15 is 0 Å². The van der Waals surface area contributed by atoms with Gasteiger partial charge < -0.3 is 15.2 Å². The van der Waals surface area contributed by atoms with Crippen molar-refractivity contribution in [3.8, 4) is 0 Å². The lowest BCUT2D eigenvalue weighted by atomic mass is 9.85. The molecule has 0 aromatic rings. The summed E-state index contributed by atoms with van der Waals surface area (Å²) in [6.45, 7) is 5.03. The molecule has 1 aliphatic heterocycles. The quantitative estimate of drug-likeness (QED) is 0.862. The number of nitrogens with two attached hydrogens (primary N) is 1. The van der Waals surface area contributed by atoms with Gasteiger partial charge in [-0.05, 0) is 45.1 Å². The first-order chi connectivity index (χ1) is 9.72. The zero-order valence-corrected chi connectivity index (χ0v) is 12.9. The van der Waals surface area contributed by atoms with E-state index in [0.29, 0.717) is 6.04 Å². The largest absolute Gasteiger partial charge is 0.348 e. The van der Waals surface area contributed by atoms with Gasteiger partial charge in [-0.2, -0.15) is 0 Å². The second-order valence-corrected chi connectivity index (χ2v) is 6.74. The fourth-order valence-electron chi connectivity index (χ4n) is 4.41. The molecular formula is C16H30N2O2. The van der Waals surface area contributed by atoms with E-state index in [1.54, 1.807) is 0 Å². The first-order valence-electron chi connectivity index (χ1n) is 8.52. The lowest BCUT2D eigenvalue weighted by Crippen LogP contribution is -2.50. The summed E-state index contributed by atoms with van der Waals surface area (Å²) in [6, 6.07) is 1.92. The Labute approximate surface area is 123 Å². The van der Waals surface area contributed by atoms with E-state index in [0.717, 1.165) is 38.1 Å². The van der Waals surface area contributed by atoms with Crippen LogP contribution in [0.25, 0.3) is 0 Å². The van der Waals surface area contributed by atoms with E-state index < -0.39 is 0 Å². The second-order valence-electron chi connectivity index (χ2n) is 6.74. The number of nitrogens with zero attached hydrogens (tertiary/aromatic N) is 1. The Morgan fingerprint density at radius 3 is 2.05 bits per heavy atom. The highest BCUT2D eigenvalue weighted by atomic mass is 16.7. The van der Waals surface area contributed by atoms with Crippen LogP contribution >= 0.6 is 0 Å². The zero-order valence-electron chi connectivity index (χ0n) is 12.9. The highest BCUT2D eigenvalue weighted by molar-refractivity contribution is 4.90. The monoisotopic (exact) mass is 282 g/mol. The molecule has 3 fully saturated rings. The fourth-order valence-corrected chi connectivity index (χ4v) is 4.41. The van der Waals surface area contributed by atoms with Gasteiger partial charge in [-0.1, -0.05) is 6.92 Å². The maximum atomic E-state index is 6.04. The van der Waals surface area contributed by atoms with Gasteiger partial charge >= 0.3 is 0 Å². The molecule has 1 heterocycles. The normalized spacial score (nSPS) is 35.0. The summed E-state index contributed by atoms with van der Waals surface area (Å²) in [6.07, 6.45) is 9.54. The van der Waals surface area contributed by atoms with E-state index in [-0.39, 0.29) is 5.79 Å². The SMILES string of the molecule is CCN(C1CCC(N)CC1)C1CCC2(CC1)OCCO2. The molecule has 0 atom stereocenters. The Bertz CT molecular complexity index is 300. The number of hydrogen-bond acceptors (Lipinski definition) is 4. The van der Waals surface area contributed by atoms with Gasteiger partial charge in [-0.3, -0.25) is 4.90 Å². The average Bonchev–Trinajstić information content (AvgIpc) is 2.92. The van der Waals surface area contributed by atoms with E-state index in [4.69, 9.17) is 15.2 Å². The van der Waals surface area contributed by atoms with Crippen molar-refractivity contribution in [1.82, 2.24) is 4.90 Å². The van der Waals surface area contributed by atoms with Gasteiger partial charge in [0, 0.05) is 31.0 Å². The van der Waals surface area contributed by atoms with Gasteiger partial charge in [0.25, 0.3) is 0 Å². The third kappa shape index (κ3) is 3.03. The Kier molecular flexibility index (Phi) is 4.65. The zero-order chi connectivity index (χ0) is 14.0. The minimum Gasteiger partial charge on any atom is -0.348 e. The highest BCUT2D eigenvalue weighted by Gasteiger charge is 2.42. The maximum absolute atomic E-state index is 6.04. The van der Waals surface area contributed by atoms with Crippen LogP contribution in [-0.2, 0) is 9.47 Å². The molecule has 3 rings (SSSR count). The minimum atomic E-state index is -0.217. The fraction of sp³-hybridized carbons (Fsp3) is 1.00. The molecular weight excluding hydrogens is 252 g/mol. The van der Waals surface area contributed by atoms with Crippen LogP contribution in [0.5, 0.6) is 0 Å².